The second-order valence-electron chi connectivity index (χ2n) is 11.0. The summed E-state index contributed by atoms with van der Waals surface area (Å²) in [5, 5.41) is 17.7. The molecule has 9 nitrogen and oxygen atoms in total. The van der Waals surface area contributed by atoms with Gasteiger partial charge in [-0.3, -0.25) is 9.59 Å². The molecule has 0 radical (unpaired) electrons. The van der Waals surface area contributed by atoms with Gasteiger partial charge in [0.25, 0.3) is 5.91 Å². The minimum Gasteiger partial charge on any atom is -0.349 e. The van der Waals surface area contributed by atoms with Crippen molar-refractivity contribution in [2.24, 2.45) is 11.8 Å². The second kappa shape index (κ2) is 11.3. The Labute approximate surface area is 232 Å². The molecule has 2 saturated carbocycles. The van der Waals surface area contributed by atoms with Crippen LogP contribution in [-0.2, 0) is 4.79 Å². The van der Waals surface area contributed by atoms with E-state index in [1.165, 1.54) is 16.9 Å². The molecule has 3 aromatic rings. The normalized spacial score (nSPS) is 19.1. The van der Waals surface area contributed by atoms with Crippen LogP contribution in [0.5, 0.6) is 0 Å². The minimum atomic E-state index is -4.42. The van der Waals surface area contributed by atoms with Crippen molar-refractivity contribution in [3.8, 4) is 0 Å². The Balaban J connectivity index is 1.39. The molecule has 0 saturated heterocycles. The molecule has 0 aliphatic heterocycles. The topological polar surface area (TPSA) is 114 Å². The van der Waals surface area contributed by atoms with E-state index in [2.05, 4.69) is 30.9 Å². The molecule has 1 unspecified atom stereocenters. The van der Waals surface area contributed by atoms with Crippen molar-refractivity contribution in [1.29, 1.82) is 0 Å². The maximum atomic E-state index is 14.0. The monoisotopic (exact) mass is 579 g/mol. The van der Waals surface area contributed by atoms with Gasteiger partial charge in [0.05, 0.1) is 54.0 Å². The quantitative estimate of drug-likeness (QED) is 0.344. The number of amides is 2. The smallest absolute Gasteiger partial charge is 0.349 e. The van der Waals surface area contributed by atoms with Gasteiger partial charge >= 0.3 is 6.18 Å². The zero-order chi connectivity index (χ0) is 29.4. The van der Waals surface area contributed by atoms with Crippen molar-refractivity contribution in [1.82, 2.24) is 35.4 Å². The van der Waals surface area contributed by atoms with Crippen molar-refractivity contribution >= 4 is 17.5 Å². The summed E-state index contributed by atoms with van der Waals surface area (Å²) in [6.07, 6.45) is -0.392. The summed E-state index contributed by atoms with van der Waals surface area (Å²) in [4.78, 5) is 30.1. The number of aromatic nitrogens is 5. The lowest BCUT2D eigenvalue weighted by Crippen LogP contribution is -2.37. The summed E-state index contributed by atoms with van der Waals surface area (Å²) in [6.45, 7) is 1.70. The van der Waals surface area contributed by atoms with Gasteiger partial charge in [-0.15, -0.1) is 0 Å². The molecular formula is C27H30F5N7O2. The molecule has 0 aromatic carbocycles. The Bertz CT molecular complexity index is 1410. The van der Waals surface area contributed by atoms with E-state index < -0.39 is 48.8 Å². The molecule has 0 bridgehead atoms. The highest BCUT2D eigenvalue weighted by Crippen LogP contribution is 2.43. The van der Waals surface area contributed by atoms with E-state index in [0.29, 0.717) is 22.6 Å². The molecule has 0 spiro atoms. The first-order chi connectivity index (χ1) is 19.4. The molecule has 41 heavy (non-hydrogen) atoms. The molecule has 3 heterocycles. The van der Waals surface area contributed by atoms with E-state index in [1.54, 1.807) is 25.3 Å². The summed E-state index contributed by atoms with van der Waals surface area (Å²) in [5.41, 5.74) is 2.27. The summed E-state index contributed by atoms with van der Waals surface area (Å²) < 4.78 is 67.1. The van der Waals surface area contributed by atoms with Gasteiger partial charge < -0.3 is 10.6 Å². The predicted molar refractivity (Wildman–Crippen MR) is 136 cm³/mol. The highest BCUT2D eigenvalue weighted by Gasteiger charge is 2.40. The predicted octanol–water partition coefficient (Wildman–Crippen LogP) is 5.03. The first kappa shape index (κ1) is 28.8. The number of aryl methyl sites for hydroxylation is 1. The molecule has 2 atom stereocenters. The lowest BCUT2D eigenvalue weighted by atomic mass is 9.81. The minimum absolute atomic E-state index is 0.0805. The SMILES string of the molecule is Cc1cc(C(=O)N[C@H](c2cn3ncc(C(NC(=O)CCC(F)(F)F)C4CC4)cc3n2)C2CCC(F)(F)CC2)cnn1. The van der Waals surface area contributed by atoms with Crippen LogP contribution >= 0.6 is 0 Å². The highest BCUT2D eigenvalue weighted by atomic mass is 19.4. The van der Waals surface area contributed by atoms with Crippen LogP contribution in [0, 0.1) is 18.8 Å². The van der Waals surface area contributed by atoms with E-state index in [-0.39, 0.29) is 43.1 Å². The average Bonchev–Trinajstić information content (AvgIpc) is 3.66. The van der Waals surface area contributed by atoms with Crippen LogP contribution in [-0.4, -0.2) is 48.7 Å². The number of imidazole rings is 1. The first-order valence-corrected chi connectivity index (χ1v) is 13.6. The number of carbonyl (C=O) groups excluding carboxylic acids is 2. The van der Waals surface area contributed by atoms with Gasteiger partial charge in [-0.05, 0) is 62.1 Å². The third-order valence-electron chi connectivity index (χ3n) is 7.64. The maximum Gasteiger partial charge on any atom is 0.389 e. The van der Waals surface area contributed by atoms with Crippen molar-refractivity contribution in [3.05, 3.63) is 53.2 Å². The summed E-state index contributed by atoms with van der Waals surface area (Å²) in [7, 11) is 0. The third-order valence-corrected chi connectivity index (χ3v) is 7.64. The van der Waals surface area contributed by atoms with Gasteiger partial charge in [-0.25, -0.2) is 18.3 Å². The Morgan fingerprint density at radius 3 is 2.41 bits per heavy atom. The number of carbonyl (C=O) groups is 2. The highest BCUT2D eigenvalue weighted by molar-refractivity contribution is 5.94. The zero-order valence-corrected chi connectivity index (χ0v) is 22.3. The zero-order valence-electron chi connectivity index (χ0n) is 22.3. The van der Waals surface area contributed by atoms with Crippen molar-refractivity contribution in [3.63, 3.8) is 0 Å². The van der Waals surface area contributed by atoms with E-state index in [1.807, 2.05) is 0 Å². The number of hydrogen-bond acceptors (Lipinski definition) is 6. The van der Waals surface area contributed by atoms with E-state index in [0.717, 1.165) is 12.8 Å². The van der Waals surface area contributed by atoms with Crippen LogP contribution in [0.15, 0.2) is 30.7 Å². The number of nitrogens with one attached hydrogen (secondary N) is 2. The van der Waals surface area contributed by atoms with Crippen LogP contribution in [0.3, 0.4) is 0 Å². The Kier molecular flexibility index (Phi) is 7.93. The van der Waals surface area contributed by atoms with E-state index in [9.17, 15) is 31.5 Å². The summed E-state index contributed by atoms with van der Waals surface area (Å²) in [5.74, 6) is -4.11. The fraction of sp³-hybridized carbons (Fsp3) is 0.556. The van der Waals surface area contributed by atoms with Gasteiger partial charge in [0.2, 0.25) is 11.8 Å². The van der Waals surface area contributed by atoms with E-state index >= 15 is 0 Å². The Morgan fingerprint density at radius 1 is 1.05 bits per heavy atom. The molecule has 220 valence electrons. The van der Waals surface area contributed by atoms with Crippen LogP contribution < -0.4 is 10.6 Å². The lowest BCUT2D eigenvalue weighted by molar-refractivity contribution is -0.144. The third kappa shape index (κ3) is 7.33. The Morgan fingerprint density at radius 2 is 1.76 bits per heavy atom. The molecule has 2 N–H and O–H groups in total. The van der Waals surface area contributed by atoms with Gasteiger partial charge in [-0.1, -0.05) is 0 Å². The van der Waals surface area contributed by atoms with Crippen LogP contribution in [0.1, 0.15) is 90.8 Å². The molecule has 3 aromatic heterocycles. The molecular weight excluding hydrogens is 549 g/mol. The largest absolute Gasteiger partial charge is 0.389 e. The van der Waals surface area contributed by atoms with Gasteiger partial charge in [0.15, 0.2) is 5.65 Å². The second-order valence-corrected chi connectivity index (χ2v) is 11.0. The number of alkyl halides is 5. The number of nitrogens with zero attached hydrogens (tertiary/aromatic N) is 5. The number of hydrogen-bond donors (Lipinski definition) is 2. The summed E-state index contributed by atoms with van der Waals surface area (Å²) in [6, 6.07) is 2.09. The number of fused-ring (bicyclic) bond motifs is 1. The molecule has 14 heteroatoms. The number of halogens is 5. The fourth-order valence-corrected chi connectivity index (χ4v) is 5.28. The average molecular weight is 580 g/mol. The number of rotatable bonds is 9. The molecule has 2 aliphatic rings. The van der Waals surface area contributed by atoms with Crippen molar-refractivity contribution in [2.45, 2.75) is 82.5 Å². The van der Waals surface area contributed by atoms with Crippen LogP contribution in [0.25, 0.3) is 5.65 Å². The van der Waals surface area contributed by atoms with Crippen molar-refractivity contribution < 1.29 is 31.5 Å². The van der Waals surface area contributed by atoms with Crippen LogP contribution in [0.4, 0.5) is 22.0 Å². The van der Waals surface area contributed by atoms with Gasteiger partial charge in [-0.2, -0.15) is 28.5 Å². The fourth-order valence-electron chi connectivity index (χ4n) is 5.28. The molecule has 2 fully saturated rings. The standard InChI is InChI=1S/C27H30F5N7O2/c1-15-10-19(12-33-38-15)25(41)37-24(17-4-7-26(28,29)8-5-17)20-14-39-21(35-20)11-18(13-34-39)23(16-2-3-16)36-22(40)6-9-27(30,31)32/h10-14,16-17,23-24H,2-9H2,1H3,(H,36,40)(H,37,41)/t23?,24-/m0/s1. The first-order valence-electron chi connectivity index (χ1n) is 13.6. The van der Waals surface area contributed by atoms with Crippen LogP contribution in [0.2, 0.25) is 0 Å². The van der Waals surface area contributed by atoms with Gasteiger partial charge in [0, 0.05) is 19.3 Å². The van der Waals surface area contributed by atoms with Crippen molar-refractivity contribution in [2.75, 3.05) is 0 Å². The summed E-state index contributed by atoms with van der Waals surface area (Å²) >= 11 is 0. The molecule has 5 rings (SSSR count). The molecule has 2 aliphatic carbocycles. The Hall–Kier alpha value is -3.71. The van der Waals surface area contributed by atoms with Gasteiger partial charge in [0.1, 0.15) is 0 Å². The lowest BCUT2D eigenvalue weighted by Gasteiger charge is -2.33. The van der Waals surface area contributed by atoms with E-state index in [4.69, 9.17) is 0 Å². The molecule has 2 amide bonds. The maximum absolute atomic E-state index is 14.0.